The Bertz CT molecular complexity index is 768. The number of non-ortho nitro benzene ring substituents is 1. The summed E-state index contributed by atoms with van der Waals surface area (Å²) >= 11 is 0. The second kappa shape index (κ2) is 4.50. The number of nitrogens with two attached hydrogens (primary N) is 1. The van der Waals surface area contributed by atoms with Gasteiger partial charge in [0.2, 0.25) is 0 Å². The van der Waals surface area contributed by atoms with Gasteiger partial charge in [-0.15, -0.1) is 0 Å². The zero-order valence-corrected chi connectivity index (χ0v) is 9.86. The van der Waals surface area contributed by atoms with Crippen LogP contribution >= 0.6 is 0 Å². The molecule has 4 N–H and O–H groups in total. The lowest BCUT2D eigenvalue weighted by atomic mass is 9.97. The topological polar surface area (TPSA) is 144 Å². The second-order valence-electron chi connectivity index (χ2n) is 3.96. The molecule has 0 fully saturated rings. The molecular formula is C12H8N2O6. The molecule has 0 aliphatic heterocycles. The third-order valence-corrected chi connectivity index (χ3v) is 2.82. The van der Waals surface area contributed by atoms with Crippen molar-refractivity contribution in [2.45, 2.75) is 0 Å². The number of hydrogen-bond donors (Lipinski definition) is 3. The summed E-state index contributed by atoms with van der Waals surface area (Å²) in [5.74, 6) is -3.03. The van der Waals surface area contributed by atoms with E-state index in [0.717, 1.165) is 6.07 Å². The van der Waals surface area contributed by atoms with Crippen LogP contribution < -0.4 is 5.73 Å². The van der Waals surface area contributed by atoms with Gasteiger partial charge in [-0.05, 0) is 11.5 Å². The number of carboxylic acid groups (broad SMARTS) is 2. The van der Waals surface area contributed by atoms with E-state index in [2.05, 4.69) is 0 Å². The number of benzene rings is 2. The van der Waals surface area contributed by atoms with Crippen molar-refractivity contribution in [2.75, 3.05) is 5.73 Å². The Morgan fingerprint density at radius 1 is 1.20 bits per heavy atom. The average molecular weight is 276 g/mol. The van der Waals surface area contributed by atoms with Gasteiger partial charge < -0.3 is 15.9 Å². The van der Waals surface area contributed by atoms with Gasteiger partial charge in [-0.3, -0.25) is 10.1 Å². The Kier molecular flexibility index (Phi) is 2.99. The van der Waals surface area contributed by atoms with Gasteiger partial charge in [-0.2, -0.15) is 0 Å². The maximum absolute atomic E-state index is 11.2. The lowest BCUT2D eigenvalue weighted by Crippen LogP contribution is -2.12. The van der Waals surface area contributed by atoms with Crippen molar-refractivity contribution in [2.24, 2.45) is 0 Å². The molecule has 0 unspecified atom stereocenters. The smallest absolute Gasteiger partial charge is 0.338 e. The standard InChI is InChI=1S/C12H8N2O6/c13-10-8-5(2-1-3-7(8)14(19)20)4-6(11(15)16)9(10)12(17)18/h1-4H,13H2,(H,15,16)(H,17,18). The largest absolute Gasteiger partial charge is 0.478 e. The van der Waals surface area contributed by atoms with Crippen molar-refractivity contribution < 1.29 is 24.7 Å². The number of carboxylic acids is 2. The first-order valence-corrected chi connectivity index (χ1v) is 5.30. The molecular weight excluding hydrogens is 268 g/mol. The van der Waals surface area contributed by atoms with Gasteiger partial charge in [0.1, 0.15) is 0 Å². The van der Waals surface area contributed by atoms with Crippen molar-refractivity contribution in [3.8, 4) is 0 Å². The van der Waals surface area contributed by atoms with Gasteiger partial charge in [0.05, 0.1) is 27.1 Å². The van der Waals surface area contributed by atoms with Crippen molar-refractivity contribution in [3.05, 3.63) is 45.5 Å². The highest BCUT2D eigenvalue weighted by Gasteiger charge is 2.25. The molecule has 0 radical (unpaired) electrons. The molecule has 2 rings (SSSR count). The molecule has 0 aliphatic carbocycles. The van der Waals surface area contributed by atoms with E-state index >= 15 is 0 Å². The van der Waals surface area contributed by atoms with Crippen molar-refractivity contribution in [1.82, 2.24) is 0 Å². The molecule has 0 atom stereocenters. The molecule has 0 aromatic heterocycles. The fraction of sp³-hybridized carbons (Fsp3) is 0. The number of nitrogens with zero attached hydrogens (tertiary/aromatic N) is 1. The second-order valence-corrected chi connectivity index (χ2v) is 3.96. The van der Waals surface area contributed by atoms with Crippen LogP contribution in [0, 0.1) is 10.1 Å². The summed E-state index contributed by atoms with van der Waals surface area (Å²) < 4.78 is 0. The Balaban J connectivity index is 3.03. The van der Waals surface area contributed by atoms with Gasteiger partial charge in [-0.25, -0.2) is 9.59 Å². The molecule has 8 heteroatoms. The summed E-state index contributed by atoms with van der Waals surface area (Å²) in [6.07, 6.45) is 0. The van der Waals surface area contributed by atoms with E-state index in [1.807, 2.05) is 0 Å². The summed E-state index contributed by atoms with van der Waals surface area (Å²) in [4.78, 5) is 32.5. The lowest BCUT2D eigenvalue weighted by molar-refractivity contribution is -0.383. The van der Waals surface area contributed by atoms with E-state index < -0.39 is 33.7 Å². The van der Waals surface area contributed by atoms with Crippen LogP contribution in [0.3, 0.4) is 0 Å². The van der Waals surface area contributed by atoms with Crippen LogP contribution in [0.1, 0.15) is 20.7 Å². The number of rotatable bonds is 3. The Morgan fingerprint density at radius 2 is 1.85 bits per heavy atom. The molecule has 0 spiro atoms. The quantitative estimate of drug-likeness (QED) is 0.439. The summed E-state index contributed by atoms with van der Waals surface area (Å²) in [5, 5.41) is 29.2. The minimum Gasteiger partial charge on any atom is -0.478 e. The summed E-state index contributed by atoms with van der Waals surface area (Å²) in [6, 6.07) is 5.03. The molecule has 0 saturated carbocycles. The Hall–Kier alpha value is -3.16. The highest BCUT2D eigenvalue weighted by atomic mass is 16.6. The molecule has 102 valence electrons. The predicted molar refractivity (Wildman–Crippen MR) is 68.9 cm³/mol. The van der Waals surface area contributed by atoms with Crippen molar-refractivity contribution >= 4 is 34.1 Å². The normalized spacial score (nSPS) is 10.4. The average Bonchev–Trinajstić information content (AvgIpc) is 2.36. The van der Waals surface area contributed by atoms with Gasteiger partial charge in [0.15, 0.2) is 0 Å². The van der Waals surface area contributed by atoms with Crippen molar-refractivity contribution in [1.29, 1.82) is 0 Å². The third-order valence-electron chi connectivity index (χ3n) is 2.82. The van der Waals surface area contributed by atoms with Crippen LogP contribution in [0.15, 0.2) is 24.3 Å². The van der Waals surface area contributed by atoms with Crippen LogP contribution in [0.5, 0.6) is 0 Å². The van der Waals surface area contributed by atoms with Gasteiger partial charge in [0, 0.05) is 6.07 Å². The number of hydrogen-bond acceptors (Lipinski definition) is 5. The highest BCUT2D eigenvalue weighted by Crippen LogP contribution is 2.35. The Labute approximate surface area is 111 Å². The molecule has 8 nitrogen and oxygen atoms in total. The summed E-state index contributed by atoms with van der Waals surface area (Å²) in [7, 11) is 0. The van der Waals surface area contributed by atoms with E-state index in [0.29, 0.717) is 0 Å². The first-order valence-electron chi connectivity index (χ1n) is 5.30. The minimum absolute atomic E-state index is 0.0834. The van der Waals surface area contributed by atoms with Gasteiger partial charge in [0.25, 0.3) is 5.69 Å². The van der Waals surface area contributed by atoms with E-state index in [-0.39, 0.29) is 16.5 Å². The maximum atomic E-state index is 11.2. The van der Waals surface area contributed by atoms with Crippen LogP contribution in [-0.4, -0.2) is 27.1 Å². The van der Waals surface area contributed by atoms with E-state index in [1.165, 1.54) is 18.2 Å². The highest BCUT2D eigenvalue weighted by molar-refractivity contribution is 6.15. The number of fused-ring (bicyclic) bond motifs is 1. The number of nitro benzene ring substituents is 1. The van der Waals surface area contributed by atoms with E-state index in [1.54, 1.807) is 0 Å². The van der Waals surface area contributed by atoms with Crippen LogP contribution in [-0.2, 0) is 0 Å². The van der Waals surface area contributed by atoms with Gasteiger partial charge >= 0.3 is 11.9 Å². The minimum atomic E-state index is -1.56. The number of nitro groups is 1. The van der Waals surface area contributed by atoms with Crippen LogP contribution in [0.2, 0.25) is 0 Å². The molecule has 0 amide bonds. The number of aromatic carboxylic acids is 2. The van der Waals surface area contributed by atoms with Crippen LogP contribution in [0.25, 0.3) is 10.8 Å². The number of nitrogen functional groups attached to an aromatic ring is 1. The molecule has 20 heavy (non-hydrogen) atoms. The Morgan fingerprint density at radius 3 is 2.35 bits per heavy atom. The monoisotopic (exact) mass is 276 g/mol. The third kappa shape index (κ3) is 1.88. The molecule has 0 saturated heterocycles. The summed E-state index contributed by atoms with van der Waals surface area (Å²) in [6.45, 7) is 0. The van der Waals surface area contributed by atoms with Crippen molar-refractivity contribution in [3.63, 3.8) is 0 Å². The summed E-state index contributed by atoms with van der Waals surface area (Å²) in [5.41, 5.74) is 3.68. The molecule has 0 aliphatic rings. The van der Waals surface area contributed by atoms with Crippen LogP contribution in [0.4, 0.5) is 11.4 Å². The lowest BCUT2D eigenvalue weighted by Gasteiger charge is -2.09. The van der Waals surface area contributed by atoms with E-state index in [4.69, 9.17) is 15.9 Å². The zero-order valence-electron chi connectivity index (χ0n) is 9.86. The fourth-order valence-corrected chi connectivity index (χ4v) is 2.02. The first kappa shape index (κ1) is 13.3. The molecule has 2 aromatic carbocycles. The number of anilines is 1. The SMILES string of the molecule is Nc1c(C(=O)O)c(C(=O)O)cc2cccc([N+](=O)[O-])c12. The maximum Gasteiger partial charge on any atom is 0.338 e. The predicted octanol–water partition coefficient (Wildman–Crippen LogP) is 1.73. The van der Waals surface area contributed by atoms with Gasteiger partial charge in [-0.1, -0.05) is 12.1 Å². The zero-order chi connectivity index (χ0) is 15.0. The number of carbonyl (C=O) groups is 2. The molecule has 0 heterocycles. The first-order chi connectivity index (χ1) is 9.34. The molecule has 2 aromatic rings. The fourth-order valence-electron chi connectivity index (χ4n) is 2.02. The van der Waals surface area contributed by atoms with E-state index in [9.17, 15) is 19.7 Å². The molecule has 0 bridgehead atoms.